The molecule has 4 heteroatoms. The summed E-state index contributed by atoms with van der Waals surface area (Å²) in [6, 6.07) is 22.7. The van der Waals surface area contributed by atoms with E-state index in [-0.39, 0.29) is 12.3 Å². The number of ether oxygens (including phenoxy) is 1. The first-order valence-corrected chi connectivity index (χ1v) is 8.55. The minimum absolute atomic E-state index is 0.201. The first kappa shape index (κ1) is 17.7. The lowest BCUT2D eigenvalue weighted by Crippen LogP contribution is -2.43. The summed E-state index contributed by atoms with van der Waals surface area (Å²) in [6.07, 6.45) is 0.610. The van der Waals surface area contributed by atoms with Gasteiger partial charge in [-0.3, -0.25) is 4.79 Å². The zero-order valence-corrected chi connectivity index (χ0v) is 14.6. The smallest absolute Gasteiger partial charge is 0.328 e. The minimum Gasteiger partial charge on any atom is -0.467 e. The molecule has 1 unspecified atom stereocenters. The molecule has 0 spiro atoms. The van der Waals surface area contributed by atoms with E-state index < -0.39 is 12.0 Å². The Bertz CT molecular complexity index is 900. The number of fused-ring (bicyclic) bond motifs is 1. The highest BCUT2D eigenvalue weighted by molar-refractivity contribution is 5.91. The molecule has 0 radical (unpaired) electrons. The Morgan fingerprint density at radius 2 is 1.62 bits per heavy atom. The fourth-order valence-electron chi connectivity index (χ4n) is 3.05. The number of methoxy groups -OCH3 is 1. The van der Waals surface area contributed by atoms with Gasteiger partial charge < -0.3 is 10.1 Å². The van der Waals surface area contributed by atoms with Gasteiger partial charge in [0, 0.05) is 6.42 Å². The lowest BCUT2D eigenvalue weighted by Gasteiger charge is -2.17. The first-order valence-electron chi connectivity index (χ1n) is 8.55. The molecule has 0 bridgehead atoms. The molecule has 0 heterocycles. The van der Waals surface area contributed by atoms with Gasteiger partial charge in [0.25, 0.3) is 0 Å². The minimum atomic E-state index is -0.704. The molecule has 26 heavy (non-hydrogen) atoms. The van der Waals surface area contributed by atoms with Gasteiger partial charge in [0.15, 0.2) is 0 Å². The van der Waals surface area contributed by atoms with E-state index in [1.54, 1.807) is 0 Å². The van der Waals surface area contributed by atoms with Crippen molar-refractivity contribution in [2.45, 2.75) is 18.9 Å². The van der Waals surface area contributed by atoms with Gasteiger partial charge in [-0.25, -0.2) is 4.79 Å². The quantitative estimate of drug-likeness (QED) is 0.696. The maximum Gasteiger partial charge on any atom is 0.328 e. The van der Waals surface area contributed by atoms with Gasteiger partial charge in [0.1, 0.15) is 6.04 Å². The van der Waals surface area contributed by atoms with Crippen LogP contribution in [0.25, 0.3) is 10.8 Å². The van der Waals surface area contributed by atoms with E-state index in [9.17, 15) is 9.59 Å². The monoisotopic (exact) mass is 347 g/mol. The van der Waals surface area contributed by atoms with Crippen LogP contribution >= 0.6 is 0 Å². The van der Waals surface area contributed by atoms with Crippen LogP contribution in [0.1, 0.15) is 11.1 Å². The molecule has 1 amide bonds. The van der Waals surface area contributed by atoms with E-state index in [1.807, 2.05) is 72.8 Å². The molecule has 4 nitrogen and oxygen atoms in total. The van der Waals surface area contributed by atoms with Crippen LogP contribution in [-0.4, -0.2) is 25.0 Å². The van der Waals surface area contributed by atoms with E-state index in [2.05, 4.69) is 5.32 Å². The van der Waals surface area contributed by atoms with Crippen LogP contribution in [0.5, 0.6) is 0 Å². The van der Waals surface area contributed by atoms with Crippen LogP contribution < -0.4 is 5.32 Å². The van der Waals surface area contributed by atoms with Gasteiger partial charge >= 0.3 is 5.97 Å². The SMILES string of the molecule is COC(=O)C(Cc1ccccc1)NC(=O)Cc1cccc2ccccc12. The van der Waals surface area contributed by atoms with Crippen molar-refractivity contribution < 1.29 is 14.3 Å². The molecule has 3 aromatic carbocycles. The van der Waals surface area contributed by atoms with Gasteiger partial charge in [-0.05, 0) is 21.9 Å². The van der Waals surface area contributed by atoms with Crippen molar-refractivity contribution in [3.63, 3.8) is 0 Å². The fourth-order valence-corrected chi connectivity index (χ4v) is 3.05. The highest BCUT2D eigenvalue weighted by Gasteiger charge is 2.22. The van der Waals surface area contributed by atoms with Crippen molar-refractivity contribution in [1.29, 1.82) is 0 Å². The molecule has 1 N–H and O–H groups in total. The summed E-state index contributed by atoms with van der Waals surface area (Å²) in [5, 5.41) is 4.95. The molecule has 1 atom stereocenters. The molecule has 0 saturated carbocycles. The van der Waals surface area contributed by atoms with Crippen molar-refractivity contribution in [1.82, 2.24) is 5.32 Å². The normalized spacial score (nSPS) is 11.7. The summed E-state index contributed by atoms with van der Waals surface area (Å²) < 4.78 is 4.85. The molecule has 0 fully saturated rings. The predicted octanol–water partition coefficient (Wildman–Crippen LogP) is 3.28. The van der Waals surface area contributed by atoms with Crippen molar-refractivity contribution in [2.24, 2.45) is 0 Å². The highest BCUT2D eigenvalue weighted by Crippen LogP contribution is 2.19. The Morgan fingerprint density at radius 3 is 2.38 bits per heavy atom. The van der Waals surface area contributed by atoms with Crippen molar-refractivity contribution >= 4 is 22.6 Å². The second-order valence-corrected chi connectivity index (χ2v) is 6.15. The number of carbonyl (C=O) groups excluding carboxylic acids is 2. The Hall–Kier alpha value is -3.14. The van der Waals surface area contributed by atoms with Gasteiger partial charge in [0.05, 0.1) is 13.5 Å². The number of amides is 1. The number of carbonyl (C=O) groups is 2. The largest absolute Gasteiger partial charge is 0.467 e. The average molecular weight is 347 g/mol. The average Bonchev–Trinajstić information content (AvgIpc) is 2.68. The second-order valence-electron chi connectivity index (χ2n) is 6.15. The van der Waals surface area contributed by atoms with Crippen LogP contribution in [-0.2, 0) is 27.2 Å². The van der Waals surface area contributed by atoms with E-state index in [1.165, 1.54) is 7.11 Å². The van der Waals surface area contributed by atoms with Crippen molar-refractivity contribution in [2.75, 3.05) is 7.11 Å². The van der Waals surface area contributed by atoms with Crippen molar-refractivity contribution in [3.05, 3.63) is 83.9 Å². The molecular weight excluding hydrogens is 326 g/mol. The van der Waals surface area contributed by atoms with Gasteiger partial charge in [-0.2, -0.15) is 0 Å². The Kier molecular flexibility index (Phi) is 5.64. The number of esters is 1. The van der Waals surface area contributed by atoms with E-state index in [0.29, 0.717) is 6.42 Å². The molecule has 0 aliphatic heterocycles. The molecule has 0 saturated heterocycles. The van der Waals surface area contributed by atoms with Gasteiger partial charge in [-0.15, -0.1) is 0 Å². The highest BCUT2D eigenvalue weighted by atomic mass is 16.5. The molecule has 0 aromatic heterocycles. The lowest BCUT2D eigenvalue weighted by molar-refractivity contribution is -0.145. The third-order valence-corrected chi connectivity index (χ3v) is 4.33. The number of benzene rings is 3. The summed E-state index contributed by atoms with van der Waals surface area (Å²) in [5.41, 5.74) is 1.90. The fraction of sp³-hybridized carbons (Fsp3) is 0.182. The van der Waals surface area contributed by atoms with Crippen LogP contribution in [0.4, 0.5) is 0 Å². The summed E-state index contributed by atoms with van der Waals surface area (Å²) >= 11 is 0. The predicted molar refractivity (Wildman–Crippen MR) is 102 cm³/mol. The third kappa shape index (κ3) is 4.28. The molecule has 132 valence electrons. The summed E-state index contributed by atoms with van der Waals surface area (Å²) in [7, 11) is 1.33. The van der Waals surface area contributed by atoms with E-state index in [0.717, 1.165) is 21.9 Å². The zero-order chi connectivity index (χ0) is 18.4. The molecule has 0 aliphatic carbocycles. The maximum atomic E-state index is 12.6. The summed E-state index contributed by atoms with van der Waals surface area (Å²) in [5.74, 6) is -0.646. The number of hydrogen-bond acceptors (Lipinski definition) is 3. The van der Waals surface area contributed by atoms with Crippen molar-refractivity contribution in [3.8, 4) is 0 Å². The summed E-state index contributed by atoms with van der Waals surface area (Å²) in [6.45, 7) is 0. The Morgan fingerprint density at radius 1 is 0.923 bits per heavy atom. The number of nitrogens with one attached hydrogen (secondary N) is 1. The molecule has 3 aromatic rings. The topological polar surface area (TPSA) is 55.4 Å². The van der Waals surface area contributed by atoms with Crippen LogP contribution in [0, 0.1) is 0 Å². The van der Waals surface area contributed by atoms with E-state index in [4.69, 9.17) is 4.74 Å². The van der Waals surface area contributed by atoms with Crippen LogP contribution in [0.15, 0.2) is 72.8 Å². The molecule has 3 rings (SSSR count). The zero-order valence-electron chi connectivity index (χ0n) is 14.6. The van der Waals surface area contributed by atoms with Gasteiger partial charge in [-0.1, -0.05) is 72.8 Å². The Labute approximate surface area is 152 Å². The van der Waals surface area contributed by atoms with Gasteiger partial charge in [0.2, 0.25) is 5.91 Å². The molecular formula is C22H21NO3. The maximum absolute atomic E-state index is 12.6. The number of rotatable bonds is 6. The molecule has 0 aliphatic rings. The Balaban J connectivity index is 1.74. The summed E-state index contributed by atoms with van der Waals surface area (Å²) in [4.78, 5) is 24.6. The standard InChI is InChI=1S/C22H21NO3/c1-26-22(25)20(14-16-8-3-2-4-9-16)23-21(24)15-18-12-7-11-17-10-5-6-13-19(17)18/h2-13,20H,14-15H2,1H3,(H,23,24). The first-order chi connectivity index (χ1) is 12.7. The lowest BCUT2D eigenvalue weighted by atomic mass is 10.0. The van der Waals surface area contributed by atoms with E-state index >= 15 is 0 Å². The van der Waals surface area contributed by atoms with Crippen LogP contribution in [0.3, 0.4) is 0 Å². The second kappa shape index (κ2) is 8.30. The number of hydrogen-bond donors (Lipinski definition) is 1. The third-order valence-electron chi connectivity index (χ3n) is 4.33. The van der Waals surface area contributed by atoms with Crippen LogP contribution in [0.2, 0.25) is 0 Å².